The molecule has 0 unspecified atom stereocenters. The van der Waals surface area contributed by atoms with Crippen LogP contribution in [-0.2, 0) is 6.54 Å². The van der Waals surface area contributed by atoms with E-state index >= 15 is 0 Å². The molecule has 0 amide bonds. The van der Waals surface area contributed by atoms with Crippen molar-refractivity contribution in [2.24, 2.45) is 0 Å². The second-order valence-electron chi connectivity index (χ2n) is 4.67. The maximum atomic E-state index is 13.5. The zero-order chi connectivity index (χ0) is 14.4. The SMILES string of the molecule is CCCNCc1cnc(Oc2ccccc2F)c(C)c1. The molecule has 0 saturated heterocycles. The molecule has 0 saturated carbocycles. The third-order valence-electron chi connectivity index (χ3n) is 2.89. The molecule has 1 aromatic carbocycles. The Bertz CT molecular complexity index is 572. The standard InChI is InChI=1S/C16H19FN2O/c1-3-8-18-10-13-9-12(2)16(19-11-13)20-15-7-5-4-6-14(15)17/h4-7,9,11,18H,3,8,10H2,1-2H3. The van der Waals surface area contributed by atoms with Crippen LogP contribution >= 0.6 is 0 Å². The van der Waals surface area contributed by atoms with E-state index in [2.05, 4.69) is 17.2 Å². The minimum atomic E-state index is -0.387. The van der Waals surface area contributed by atoms with Gasteiger partial charge in [0.1, 0.15) is 0 Å². The molecule has 2 aromatic rings. The minimum Gasteiger partial charge on any atom is -0.436 e. The van der Waals surface area contributed by atoms with Crippen molar-refractivity contribution in [2.45, 2.75) is 26.8 Å². The third-order valence-corrected chi connectivity index (χ3v) is 2.89. The lowest BCUT2D eigenvalue weighted by Gasteiger charge is -2.10. The van der Waals surface area contributed by atoms with Crippen molar-refractivity contribution in [1.82, 2.24) is 10.3 Å². The van der Waals surface area contributed by atoms with Gasteiger partial charge >= 0.3 is 0 Å². The molecule has 0 aliphatic carbocycles. The fraction of sp³-hybridized carbons (Fsp3) is 0.312. The molecule has 0 aliphatic rings. The highest BCUT2D eigenvalue weighted by Crippen LogP contribution is 2.25. The van der Waals surface area contributed by atoms with Gasteiger partial charge in [-0.05, 0) is 43.7 Å². The summed E-state index contributed by atoms with van der Waals surface area (Å²) in [5.41, 5.74) is 1.99. The van der Waals surface area contributed by atoms with Crippen LogP contribution in [0.15, 0.2) is 36.5 Å². The Morgan fingerprint density at radius 2 is 2.10 bits per heavy atom. The molecule has 20 heavy (non-hydrogen) atoms. The Labute approximate surface area is 118 Å². The monoisotopic (exact) mass is 274 g/mol. The van der Waals surface area contributed by atoms with Crippen LogP contribution in [0.1, 0.15) is 24.5 Å². The summed E-state index contributed by atoms with van der Waals surface area (Å²) in [5.74, 6) is 0.247. The summed E-state index contributed by atoms with van der Waals surface area (Å²) in [7, 11) is 0. The first kappa shape index (κ1) is 14.5. The van der Waals surface area contributed by atoms with Crippen molar-refractivity contribution in [1.29, 1.82) is 0 Å². The van der Waals surface area contributed by atoms with E-state index in [4.69, 9.17) is 4.74 Å². The van der Waals surface area contributed by atoms with Crippen LogP contribution in [0, 0.1) is 12.7 Å². The van der Waals surface area contributed by atoms with Gasteiger partial charge in [0.2, 0.25) is 5.88 Å². The van der Waals surface area contributed by atoms with Gasteiger partial charge in [0.15, 0.2) is 11.6 Å². The molecule has 0 aliphatic heterocycles. The first-order valence-corrected chi connectivity index (χ1v) is 6.79. The smallest absolute Gasteiger partial charge is 0.222 e. The van der Waals surface area contributed by atoms with Crippen molar-refractivity contribution < 1.29 is 9.13 Å². The zero-order valence-electron chi connectivity index (χ0n) is 11.8. The Hall–Kier alpha value is -1.94. The average Bonchev–Trinajstić information content (AvgIpc) is 2.44. The Morgan fingerprint density at radius 3 is 2.80 bits per heavy atom. The number of rotatable bonds is 6. The topological polar surface area (TPSA) is 34.2 Å². The number of para-hydroxylation sites is 1. The fourth-order valence-corrected chi connectivity index (χ4v) is 1.87. The van der Waals surface area contributed by atoms with E-state index in [0.717, 1.165) is 30.6 Å². The summed E-state index contributed by atoms with van der Waals surface area (Å²) in [5, 5.41) is 3.32. The highest BCUT2D eigenvalue weighted by Gasteiger charge is 2.07. The lowest BCUT2D eigenvalue weighted by molar-refractivity contribution is 0.424. The van der Waals surface area contributed by atoms with Crippen LogP contribution in [0.4, 0.5) is 4.39 Å². The van der Waals surface area contributed by atoms with Gasteiger partial charge in [-0.15, -0.1) is 0 Å². The Balaban J connectivity index is 2.08. The molecule has 2 rings (SSSR count). The van der Waals surface area contributed by atoms with Gasteiger partial charge in [0.25, 0.3) is 0 Å². The number of pyridine rings is 1. The van der Waals surface area contributed by atoms with Crippen molar-refractivity contribution in [2.75, 3.05) is 6.54 Å². The maximum absolute atomic E-state index is 13.5. The highest BCUT2D eigenvalue weighted by molar-refractivity contribution is 5.34. The summed E-state index contributed by atoms with van der Waals surface area (Å²) < 4.78 is 19.0. The predicted molar refractivity (Wildman–Crippen MR) is 77.4 cm³/mol. The van der Waals surface area contributed by atoms with Crippen molar-refractivity contribution in [3.63, 3.8) is 0 Å². The number of nitrogens with one attached hydrogen (secondary N) is 1. The molecule has 0 spiro atoms. The number of nitrogens with zero attached hydrogens (tertiary/aromatic N) is 1. The number of hydrogen-bond acceptors (Lipinski definition) is 3. The normalized spacial score (nSPS) is 10.6. The van der Waals surface area contributed by atoms with Gasteiger partial charge in [-0.3, -0.25) is 0 Å². The summed E-state index contributed by atoms with van der Waals surface area (Å²) in [6.45, 7) is 5.79. The van der Waals surface area contributed by atoms with E-state index in [1.54, 1.807) is 24.4 Å². The summed E-state index contributed by atoms with van der Waals surface area (Å²) in [6.07, 6.45) is 2.85. The van der Waals surface area contributed by atoms with Gasteiger partial charge < -0.3 is 10.1 Å². The first-order valence-electron chi connectivity index (χ1n) is 6.79. The number of halogens is 1. The molecular weight excluding hydrogens is 255 g/mol. The predicted octanol–water partition coefficient (Wildman–Crippen LogP) is 3.82. The molecule has 106 valence electrons. The van der Waals surface area contributed by atoms with Crippen molar-refractivity contribution in [3.8, 4) is 11.6 Å². The van der Waals surface area contributed by atoms with Crippen LogP contribution in [0.3, 0.4) is 0 Å². The molecule has 1 N–H and O–H groups in total. The minimum absolute atomic E-state index is 0.194. The molecular formula is C16H19FN2O. The molecule has 0 atom stereocenters. The van der Waals surface area contributed by atoms with Crippen LogP contribution in [0.25, 0.3) is 0 Å². The van der Waals surface area contributed by atoms with Crippen LogP contribution in [0.2, 0.25) is 0 Å². The summed E-state index contributed by atoms with van der Waals surface area (Å²) >= 11 is 0. The number of hydrogen-bond donors (Lipinski definition) is 1. The summed E-state index contributed by atoms with van der Waals surface area (Å²) in [6, 6.07) is 8.33. The number of benzene rings is 1. The van der Waals surface area contributed by atoms with Crippen LogP contribution < -0.4 is 10.1 Å². The summed E-state index contributed by atoms with van der Waals surface area (Å²) in [4.78, 5) is 4.26. The molecule has 0 fully saturated rings. The molecule has 0 bridgehead atoms. The van der Waals surface area contributed by atoms with E-state index in [-0.39, 0.29) is 11.6 Å². The van der Waals surface area contributed by atoms with Gasteiger partial charge in [-0.25, -0.2) is 9.37 Å². The van der Waals surface area contributed by atoms with Gasteiger partial charge in [0, 0.05) is 18.3 Å². The van der Waals surface area contributed by atoms with Gasteiger partial charge in [0.05, 0.1) is 0 Å². The second-order valence-corrected chi connectivity index (χ2v) is 4.67. The third kappa shape index (κ3) is 3.78. The molecule has 0 radical (unpaired) electrons. The molecule has 1 aromatic heterocycles. The van der Waals surface area contributed by atoms with Crippen molar-refractivity contribution in [3.05, 3.63) is 53.5 Å². The zero-order valence-corrected chi connectivity index (χ0v) is 11.8. The number of aromatic nitrogens is 1. The van der Waals surface area contributed by atoms with Crippen LogP contribution in [0.5, 0.6) is 11.6 Å². The van der Waals surface area contributed by atoms with E-state index < -0.39 is 0 Å². The highest BCUT2D eigenvalue weighted by atomic mass is 19.1. The molecule has 3 nitrogen and oxygen atoms in total. The fourth-order valence-electron chi connectivity index (χ4n) is 1.87. The van der Waals surface area contributed by atoms with Gasteiger partial charge in [-0.1, -0.05) is 19.1 Å². The van der Waals surface area contributed by atoms with E-state index in [1.165, 1.54) is 6.07 Å². The Morgan fingerprint density at radius 1 is 1.30 bits per heavy atom. The largest absolute Gasteiger partial charge is 0.436 e. The first-order chi connectivity index (χ1) is 9.70. The lowest BCUT2D eigenvalue weighted by Crippen LogP contribution is -2.14. The molecule has 4 heteroatoms. The maximum Gasteiger partial charge on any atom is 0.222 e. The lowest BCUT2D eigenvalue weighted by atomic mass is 10.2. The molecule has 1 heterocycles. The van der Waals surface area contributed by atoms with E-state index in [1.807, 2.05) is 13.0 Å². The average molecular weight is 274 g/mol. The van der Waals surface area contributed by atoms with E-state index in [0.29, 0.717) is 5.88 Å². The Kier molecular flexibility index (Phi) is 5.07. The van der Waals surface area contributed by atoms with Gasteiger partial charge in [-0.2, -0.15) is 0 Å². The van der Waals surface area contributed by atoms with Crippen molar-refractivity contribution >= 4 is 0 Å². The van der Waals surface area contributed by atoms with E-state index in [9.17, 15) is 4.39 Å². The van der Waals surface area contributed by atoms with Crippen LogP contribution in [-0.4, -0.2) is 11.5 Å². The number of ether oxygens (including phenoxy) is 1. The number of aryl methyl sites for hydroxylation is 1. The second kappa shape index (κ2) is 7.01. The quantitative estimate of drug-likeness (QED) is 0.813.